The summed E-state index contributed by atoms with van der Waals surface area (Å²) < 4.78 is 4.96. The molecule has 0 aliphatic rings. The SMILES string of the molecule is C=C(C)C(=O)OCCCCCCC(=O)CC(=N)CC. The van der Waals surface area contributed by atoms with E-state index in [-0.39, 0.29) is 11.8 Å². The van der Waals surface area contributed by atoms with Crippen LogP contribution in [0.15, 0.2) is 12.2 Å². The number of esters is 1. The number of hydrogen-bond donors (Lipinski definition) is 1. The van der Waals surface area contributed by atoms with Crippen molar-refractivity contribution in [1.82, 2.24) is 0 Å². The van der Waals surface area contributed by atoms with Crippen LogP contribution < -0.4 is 0 Å². The normalized spacial score (nSPS) is 10.0. The Morgan fingerprint density at radius 2 is 1.79 bits per heavy atom. The Morgan fingerprint density at radius 1 is 1.16 bits per heavy atom. The maximum atomic E-state index is 11.4. The number of Topliss-reactive ketones (excluding diaryl/α,β-unsaturated/α-hetero) is 1. The first-order valence-corrected chi connectivity index (χ1v) is 6.88. The molecule has 0 saturated carbocycles. The average Bonchev–Trinajstić information content (AvgIpc) is 2.36. The molecule has 0 unspecified atom stereocenters. The van der Waals surface area contributed by atoms with Crippen molar-refractivity contribution < 1.29 is 14.3 Å². The van der Waals surface area contributed by atoms with Crippen LogP contribution in [0, 0.1) is 5.41 Å². The first-order chi connectivity index (χ1) is 8.97. The fourth-order valence-electron chi connectivity index (χ4n) is 1.52. The highest BCUT2D eigenvalue weighted by molar-refractivity contribution is 6.00. The van der Waals surface area contributed by atoms with Gasteiger partial charge in [-0.25, -0.2) is 4.79 Å². The van der Waals surface area contributed by atoms with E-state index in [1.807, 2.05) is 6.92 Å². The first kappa shape index (κ1) is 17.6. The molecule has 1 N–H and O–H groups in total. The van der Waals surface area contributed by atoms with E-state index in [0.717, 1.165) is 25.7 Å². The maximum absolute atomic E-state index is 11.4. The van der Waals surface area contributed by atoms with Gasteiger partial charge in [0.05, 0.1) is 6.61 Å². The van der Waals surface area contributed by atoms with Gasteiger partial charge >= 0.3 is 5.97 Å². The summed E-state index contributed by atoms with van der Waals surface area (Å²) in [5.74, 6) is -0.186. The van der Waals surface area contributed by atoms with Gasteiger partial charge in [-0.3, -0.25) is 4.79 Å². The van der Waals surface area contributed by atoms with Crippen LogP contribution in [0.5, 0.6) is 0 Å². The topological polar surface area (TPSA) is 67.2 Å². The van der Waals surface area contributed by atoms with E-state index in [1.54, 1.807) is 6.92 Å². The predicted molar refractivity (Wildman–Crippen MR) is 76.5 cm³/mol. The maximum Gasteiger partial charge on any atom is 0.333 e. The summed E-state index contributed by atoms with van der Waals surface area (Å²) in [6.07, 6.45) is 5.07. The van der Waals surface area contributed by atoms with Crippen molar-refractivity contribution in [2.75, 3.05) is 6.61 Å². The van der Waals surface area contributed by atoms with E-state index in [9.17, 15) is 9.59 Å². The number of carbonyl (C=O) groups is 2. The highest BCUT2D eigenvalue weighted by Crippen LogP contribution is 2.06. The molecule has 4 heteroatoms. The van der Waals surface area contributed by atoms with Gasteiger partial charge in [0.25, 0.3) is 0 Å². The van der Waals surface area contributed by atoms with Crippen molar-refractivity contribution in [2.45, 2.75) is 58.8 Å². The molecule has 0 aromatic heterocycles. The molecule has 0 radical (unpaired) electrons. The van der Waals surface area contributed by atoms with Gasteiger partial charge in [-0.05, 0) is 26.2 Å². The average molecular weight is 267 g/mol. The number of ketones is 1. The van der Waals surface area contributed by atoms with Crippen molar-refractivity contribution in [3.05, 3.63) is 12.2 Å². The first-order valence-electron chi connectivity index (χ1n) is 6.88. The van der Waals surface area contributed by atoms with Crippen LogP contribution in [-0.2, 0) is 14.3 Å². The molecule has 0 aliphatic heterocycles. The van der Waals surface area contributed by atoms with Crippen molar-refractivity contribution in [3.8, 4) is 0 Å². The summed E-state index contributed by atoms with van der Waals surface area (Å²) in [6.45, 7) is 7.44. The third-order valence-corrected chi connectivity index (χ3v) is 2.77. The molecule has 0 amide bonds. The molecule has 0 spiro atoms. The van der Waals surface area contributed by atoms with Crippen LogP contribution in [0.4, 0.5) is 0 Å². The summed E-state index contributed by atoms with van der Waals surface area (Å²) >= 11 is 0. The molecule has 19 heavy (non-hydrogen) atoms. The highest BCUT2D eigenvalue weighted by atomic mass is 16.5. The largest absolute Gasteiger partial charge is 0.462 e. The lowest BCUT2D eigenvalue weighted by atomic mass is 10.1. The summed E-state index contributed by atoms with van der Waals surface area (Å²) in [5.41, 5.74) is 0.931. The van der Waals surface area contributed by atoms with Gasteiger partial charge in [-0.15, -0.1) is 0 Å². The highest BCUT2D eigenvalue weighted by Gasteiger charge is 2.05. The zero-order valence-electron chi connectivity index (χ0n) is 12.1. The second-order valence-electron chi connectivity index (χ2n) is 4.75. The number of hydrogen-bond acceptors (Lipinski definition) is 4. The predicted octanol–water partition coefficient (Wildman–Crippen LogP) is 3.45. The lowest BCUT2D eigenvalue weighted by Crippen LogP contribution is -2.06. The lowest BCUT2D eigenvalue weighted by molar-refractivity contribution is -0.139. The van der Waals surface area contributed by atoms with E-state index >= 15 is 0 Å². The molecule has 0 bridgehead atoms. The molecule has 4 nitrogen and oxygen atoms in total. The second-order valence-corrected chi connectivity index (χ2v) is 4.75. The zero-order valence-corrected chi connectivity index (χ0v) is 12.1. The monoisotopic (exact) mass is 267 g/mol. The minimum Gasteiger partial charge on any atom is -0.462 e. The summed E-state index contributed by atoms with van der Waals surface area (Å²) in [7, 11) is 0. The quantitative estimate of drug-likeness (QED) is 0.270. The Morgan fingerprint density at radius 3 is 2.37 bits per heavy atom. The van der Waals surface area contributed by atoms with Crippen LogP contribution in [0.3, 0.4) is 0 Å². The van der Waals surface area contributed by atoms with Crippen LogP contribution >= 0.6 is 0 Å². The van der Waals surface area contributed by atoms with Crippen molar-refractivity contribution >= 4 is 17.5 Å². The number of carbonyl (C=O) groups excluding carboxylic acids is 2. The minimum atomic E-state index is -0.340. The van der Waals surface area contributed by atoms with E-state index in [1.165, 1.54) is 0 Å². The Bertz CT molecular complexity index is 334. The van der Waals surface area contributed by atoms with E-state index in [4.69, 9.17) is 10.1 Å². The molecule has 0 saturated heterocycles. The molecule has 0 fully saturated rings. The van der Waals surface area contributed by atoms with Gasteiger partial charge in [0.15, 0.2) is 0 Å². The van der Waals surface area contributed by atoms with Crippen LogP contribution in [-0.4, -0.2) is 24.1 Å². The third-order valence-electron chi connectivity index (χ3n) is 2.77. The summed E-state index contributed by atoms with van der Waals surface area (Å²) in [4.78, 5) is 22.5. The minimum absolute atomic E-state index is 0.153. The number of unbranched alkanes of at least 4 members (excludes halogenated alkanes) is 3. The standard InChI is InChI=1S/C15H25NO3/c1-4-13(16)11-14(17)9-7-5-6-8-10-19-15(18)12(2)3/h16H,2,4-11H2,1,3H3. The van der Waals surface area contributed by atoms with Crippen LogP contribution in [0.25, 0.3) is 0 Å². The molecule has 108 valence electrons. The summed E-state index contributed by atoms with van der Waals surface area (Å²) in [5, 5.41) is 7.44. The van der Waals surface area contributed by atoms with E-state index < -0.39 is 0 Å². The van der Waals surface area contributed by atoms with Gasteiger partial charge in [-0.1, -0.05) is 26.3 Å². The molecule has 0 atom stereocenters. The Balaban J connectivity index is 3.41. The fraction of sp³-hybridized carbons (Fsp3) is 0.667. The van der Waals surface area contributed by atoms with E-state index in [0.29, 0.717) is 37.2 Å². The third kappa shape index (κ3) is 10.2. The zero-order chi connectivity index (χ0) is 14.7. The van der Waals surface area contributed by atoms with Gasteiger partial charge in [0.2, 0.25) is 0 Å². The van der Waals surface area contributed by atoms with Gasteiger partial charge < -0.3 is 10.1 Å². The number of nitrogens with one attached hydrogen (secondary N) is 1. The second kappa shape index (κ2) is 10.5. The Hall–Kier alpha value is -1.45. The smallest absolute Gasteiger partial charge is 0.333 e. The number of ether oxygens (including phenoxy) is 1. The van der Waals surface area contributed by atoms with Crippen molar-refractivity contribution in [3.63, 3.8) is 0 Å². The van der Waals surface area contributed by atoms with Crippen molar-refractivity contribution in [1.29, 1.82) is 5.41 Å². The summed E-state index contributed by atoms with van der Waals surface area (Å²) in [6, 6.07) is 0. The van der Waals surface area contributed by atoms with Gasteiger partial charge in [0, 0.05) is 24.1 Å². The number of rotatable bonds is 11. The molecule has 0 rings (SSSR count). The molecule has 0 heterocycles. The van der Waals surface area contributed by atoms with Crippen LogP contribution in [0.2, 0.25) is 0 Å². The Kier molecular flexibility index (Phi) is 9.67. The molecular weight excluding hydrogens is 242 g/mol. The lowest BCUT2D eigenvalue weighted by Gasteiger charge is -2.04. The van der Waals surface area contributed by atoms with Gasteiger partial charge in [0.1, 0.15) is 5.78 Å². The molecular formula is C15H25NO3. The van der Waals surface area contributed by atoms with E-state index in [2.05, 4.69) is 6.58 Å². The molecule has 0 aromatic carbocycles. The Labute approximate surface area is 115 Å². The van der Waals surface area contributed by atoms with Crippen LogP contribution in [0.1, 0.15) is 58.8 Å². The van der Waals surface area contributed by atoms with Gasteiger partial charge in [-0.2, -0.15) is 0 Å². The van der Waals surface area contributed by atoms with Crippen molar-refractivity contribution in [2.24, 2.45) is 0 Å². The molecule has 0 aliphatic carbocycles. The fourth-order valence-corrected chi connectivity index (χ4v) is 1.52. The molecule has 0 aromatic rings.